The van der Waals surface area contributed by atoms with Gasteiger partial charge in [0.1, 0.15) is 5.69 Å². The SMILES string of the molecule is Cl.NC[C@@H]1CN(Cc2cc(-c3ccccc3)no2)C[C@H]1c1ccccc1. The third kappa shape index (κ3) is 3.98. The van der Waals surface area contributed by atoms with Crippen molar-refractivity contribution >= 4 is 12.4 Å². The summed E-state index contributed by atoms with van der Waals surface area (Å²) >= 11 is 0. The topological polar surface area (TPSA) is 55.3 Å². The highest BCUT2D eigenvalue weighted by molar-refractivity contribution is 5.85. The molecule has 0 bridgehead atoms. The molecule has 4 rings (SSSR count). The lowest BCUT2D eigenvalue weighted by Crippen LogP contribution is -2.23. The summed E-state index contributed by atoms with van der Waals surface area (Å²) in [5, 5.41) is 4.22. The quantitative estimate of drug-likeness (QED) is 0.740. The van der Waals surface area contributed by atoms with E-state index in [-0.39, 0.29) is 12.4 Å². The van der Waals surface area contributed by atoms with Gasteiger partial charge in [-0.05, 0) is 18.0 Å². The largest absolute Gasteiger partial charge is 0.359 e. The van der Waals surface area contributed by atoms with Gasteiger partial charge in [-0.2, -0.15) is 0 Å². The Morgan fingerprint density at radius 3 is 2.38 bits per heavy atom. The number of likely N-dealkylation sites (tertiary alicyclic amines) is 1. The van der Waals surface area contributed by atoms with Gasteiger partial charge >= 0.3 is 0 Å². The second-order valence-corrected chi connectivity index (χ2v) is 6.75. The first-order valence-corrected chi connectivity index (χ1v) is 8.82. The van der Waals surface area contributed by atoms with Gasteiger partial charge in [0.25, 0.3) is 0 Å². The van der Waals surface area contributed by atoms with Crippen LogP contribution in [-0.4, -0.2) is 29.7 Å². The van der Waals surface area contributed by atoms with E-state index in [0.717, 1.165) is 36.7 Å². The molecular weight excluding hydrogens is 346 g/mol. The number of nitrogens with two attached hydrogens (primary N) is 1. The Morgan fingerprint density at radius 2 is 1.69 bits per heavy atom. The number of nitrogens with zero attached hydrogens (tertiary/aromatic N) is 2. The third-order valence-corrected chi connectivity index (χ3v) is 5.06. The average molecular weight is 370 g/mol. The molecule has 0 aliphatic carbocycles. The summed E-state index contributed by atoms with van der Waals surface area (Å²) in [7, 11) is 0. The Labute approximate surface area is 160 Å². The smallest absolute Gasteiger partial charge is 0.151 e. The molecule has 1 aliphatic heterocycles. The molecule has 0 spiro atoms. The van der Waals surface area contributed by atoms with Crippen LogP contribution in [0.2, 0.25) is 0 Å². The molecule has 0 radical (unpaired) electrons. The minimum absolute atomic E-state index is 0. The molecule has 1 saturated heterocycles. The lowest BCUT2D eigenvalue weighted by molar-refractivity contribution is 0.266. The molecule has 2 aromatic carbocycles. The molecule has 26 heavy (non-hydrogen) atoms. The summed E-state index contributed by atoms with van der Waals surface area (Å²) in [6, 6.07) is 22.9. The molecule has 2 N–H and O–H groups in total. The molecule has 3 aromatic rings. The van der Waals surface area contributed by atoms with Crippen molar-refractivity contribution in [3.8, 4) is 11.3 Å². The predicted molar refractivity (Wildman–Crippen MR) is 106 cm³/mol. The first kappa shape index (κ1) is 18.6. The number of benzene rings is 2. The maximum atomic E-state index is 6.03. The maximum Gasteiger partial charge on any atom is 0.151 e. The average Bonchev–Trinajstić information content (AvgIpc) is 3.30. The normalized spacial score (nSPS) is 20.0. The summed E-state index contributed by atoms with van der Waals surface area (Å²) in [6.45, 7) is 3.49. The second kappa shape index (κ2) is 8.49. The summed E-state index contributed by atoms with van der Waals surface area (Å²) < 4.78 is 5.57. The highest BCUT2D eigenvalue weighted by Gasteiger charge is 2.33. The van der Waals surface area contributed by atoms with Crippen molar-refractivity contribution in [1.82, 2.24) is 10.1 Å². The van der Waals surface area contributed by atoms with Gasteiger partial charge in [0, 0.05) is 30.6 Å². The van der Waals surface area contributed by atoms with Crippen molar-refractivity contribution in [3.05, 3.63) is 78.1 Å². The van der Waals surface area contributed by atoms with Gasteiger partial charge < -0.3 is 10.3 Å². The first-order valence-electron chi connectivity index (χ1n) is 8.82. The molecule has 0 unspecified atom stereocenters. The summed E-state index contributed by atoms with van der Waals surface area (Å²) in [5.74, 6) is 1.88. The number of aromatic nitrogens is 1. The number of halogens is 1. The third-order valence-electron chi connectivity index (χ3n) is 5.06. The molecule has 1 aromatic heterocycles. The van der Waals surface area contributed by atoms with E-state index in [1.807, 2.05) is 36.4 Å². The zero-order valence-corrected chi connectivity index (χ0v) is 15.4. The summed E-state index contributed by atoms with van der Waals surface area (Å²) in [4.78, 5) is 2.42. The standard InChI is InChI=1S/C21H23N3O.ClH/c22-12-18-13-24(15-20(18)16-7-3-1-4-8-16)14-19-11-21(23-25-19)17-9-5-2-6-10-17;/h1-11,18,20H,12-15,22H2;1H/t18-,20+;/m1./s1. The van der Waals surface area contributed by atoms with Crippen LogP contribution < -0.4 is 5.73 Å². The van der Waals surface area contributed by atoms with Gasteiger partial charge in [0.2, 0.25) is 0 Å². The fraction of sp³-hybridized carbons (Fsp3) is 0.286. The van der Waals surface area contributed by atoms with Crippen LogP contribution in [-0.2, 0) is 6.54 Å². The lowest BCUT2D eigenvalue weighted by Gasteiger charge is -2.16. The second-order valence-electron chi connectivity index (χ2n) is 6.75. The van der Waals surface area contributed by atoms with Gasteiger partial charge in [-0.3, -0.25) is 4.90 Å². The van der Waals surface area contributed by atoms with E-state index in [2.05, 4.69) is 40.4 Å². The van der Waals surface area contributed by atoms with Crippen molar-refractivity contribution in [1.29, 1.82) is 0 Å². The van der Waals surface area contributed by atoms with Crippen molar-refractivity contribution in [2.75, 3.05) is 19.6 Å². The first-order chi connectivity index (χ1) is 12.3. The molecule has 0 amide bonds. The van der Waals surface area contributed by atoms with E-state index >= 15 is 0 Å². The Kier molecular flexibility index (Phi) is 6.09. The van der Waals surface area contributed by atoms with Crippen LogP contribution in [0.15, 0.2) is 71.3 Å². The highest BCUT2D eigenvalue weighted by atomic mass is 35.5. The number of rotatable bonds is 5. The molecular formula is C21H24ClN3O. The van der Waals surface area contributed by atoms with Crippen LogP contribution >= 0.6 is 12.4 Å². The minimum Gasteiger partial charge on any atom is -0.359 e. The van der Waals surface area contributed by atoms with Gasteiger partial charge in [-0.15, -0.1) is 12.4 Å². The minimum atomic E-state index is 0. The van der Waals surface area contributed by atoms with Crippen LogP contribution in [0.1, 0.15) is 17.2 Å². The van der Waals surface area contributed by atoms with Crippen LogP contribution in [0, 0.1) is 5.92 Å². The summed E-state index contributed by atoms with van der Waals surface area (Å²) in [6.07, 6.45) is 0. The molecule has 136 valence electrons. The molecule has 0 saturated carbocycles. The Morgan fingerprint density at radius 1 is 1.00 bits per heavy atom. The van der Waals surface area contributed by atoms with Gasteiger partial charge in [0.15, 0.2) is 5.76 Å². The van der Waals surface area contributed by atoms with E-state index in [4.69, 9.17) is 10.3 Å². The van der Waals surface area contributed by atoms with Gasteiger partial charge in [0.05, 0.1) is 6.54 Å². The molecule has 1 aliphatic rings. The molecule has 2 heterocycles. The van der Waals surface area contributed by atoms with E-state index in [9.17, 15) is 0 Å². The van der Waals surface area contributed by atoms with E-state index < -0.39 is 0 Å². The van der Waals surface area contributed by atoms with Crippen molar-refractivity contribution in [3.63, 3.8) is 0 Å². The van der Waals surface area contributed by atoms with Crippen molar-refractivity contribution in [2.24, 2.45) is 11.7 Å². The van der Waals surface area contributed by atoms with Gasteiger partial charge in [-0.1, -0.05) is 65.8 Å². The monoisotopic (exact) mass is 369 g/mol. The summed E-state index contributed by atoms with van der Waals surface area (Å²) in [5.41, 5.74) is 9.39. The molecule has 1 fully saturated rings. The van der Waals surface area contributed by atoms with Gasteiger partial charge in [-0.25, -0.2) is 0 Å². The van der Waals surface area contributed by atoms with Crippen LogP contribution in [0.4, 0.5) is 0 Å². The van der Waals surface area contributed by atoms with Crippen LogP contribution in [0.3, 0.4) is 0 Å². The van der Waals surface area contributed by atoms with Crippen molar-refractivity contribution < 1.29 is 4.52 Å². The fourth-order valence-electron chi connectivity index (χ4n) is 3.76. The number of hydrogen-bond donors (Lipinski definition) is 1. The fourth-order valence-corrected chi connectivity index (χ4v) is 3.76. The van der Waals surface area contributed by atoms with E-state index in [1.165, 1.54) is 5.56 Å². The number of hydrogen-bond acceptors (Lipinski definition) is 4. The molecule has 5 heteroatoms. The van der Waals surface area contributed by atoms with Crippen LogP contribution in [0.5, 0.6) is 0 Å². The highest BCUT2D eigenvalue weighted by Crippen LogP contribution is 2.33. The van der Waals surface area contributed by atoms with E-state index in [1.54, 1.807) is 0 Å². The van der Waals surface area contributed by atoms with E-state index in [0.29, 0.717) is 18.4 Å². The Balaban J connectivity index is 0.00000196. The van der Waals surface area contributed by atoms with Crippen LogP contribution in [0.25, 0.3) is 11.3 Å². The Hall–Kier alpha value is -2.14. The zero-order chi connectivity index (χ0) is 17.1. The Bertz CT molecular complexity index is 806. The maximum absolute atomic E-state index is 6.03. The molecule has 4 nitrogen and oxygen atoms in total. The zero-order valence-electron chi connectivity index (χ0n) is 14.6. The lowest BCUT2D eigenvalue weighted by atomic mass is 9.89. The molecule has 2 atom stereocenters. The predicted octanol–water partition coefficient (Wildman–Crippen LogP) is 3.94. The van der Waals surface area contributed by atoms with Crippen molar-refractivity contribution in [2.45, 2.75) is 12.5 Å².